The monoisotopic (exact) mass is 724 g/mol. The molecule has 0 unspecified atom stereocenters. The van der Waals surface area contributed by atoms with Crippen molar-refractivity contribution in [2.75, 3.05) is 68.7 Å². The topological polar surface area (TPSA) is 142 Å². The van der Waals surface area contributed by atoms with E-state index in [1.807, 2.05) is 43.5 Å². The van der Waals surface area contributed by atoms with Crippen LogP contribution in [0.5, 0.6) is 0 Å². The molecule has 3 aliphatic heterocycles. The fraction of sp³-hybridized carbons (Fsp3) is 0.368. The molecular weight excluding hydrogens is 684 g/mol. The van der Waals surface area contributed by atoms with Crippen LogP contribution < -0.4 is 15.1 Å². The molecule has 0 saturated carbocycles. The van der Waals surface area contributed by atoms with Crippen LogP contribution in [-0.2, 0) is 20.8 Å². The number of pyridine rings is 1. The maximum atomic E-state index is 13.4. The van der Waals surface area contributed by atoms with Crippen LogP contribution in [0.1, 0.15) is 41.3 Å². The summed E-state index contributed by atoms with van der Waals surface area (Å²) in [7, 11) is 0. The number of hydrogen-bond acceptors (Lipinski definition) is 7. The Balaban J connectivity index is 0.904. The average Bonchev–Trinajstić information content (AvgIpc) is 3.59. The number of H-pyrrole nitrogens is 1. The lowest BCUT2D eigenvalue weighted by molar-refractivity contribution is -0.137. The van der Waals surface area contributed by atoms with Crippen LogP contribution in [0.3, 0.4) is 0 Å². The van der Waals surface area contributed by atoms with Gasteiger partial charge in [-0.2, -0.15) is 0 Å². The molecule has 2 aromatic heterocycles. The van der Waals surface area contributed by atoms with Gasteiger partial charge in [-0.25, -0.2) is 9.78 Å². The van der Waals surface area contributed by atoms with E-state index >= 15 is 0 Å². The third-order valence-electron chi connectivity index (χ3n) is 10.2. The number of anilines is 2. The van der Waals surface area contributed by atoms with Crippen molar-refractivity contribution in [1.29, 1.82) is 0 Å². The van der Waals surface area contributed by atoms with E-state index in [1.54, 1.807) is 33.0 Å². The highest BCUT2D eigenvalue weighted by atomic mass is 35.5. The highest BCUT2D eigenvalue weighted by Gasteiger charge is 2.30. The zero-order valence-electron chi connectivity index (χ0n) is 29.3. The van der Waals surface area contributed by atoms with E-state index in [2.05, 4.69) is 27.1 Å². The van der Waals surface area contributed by atoms with Crippen molar-refractivity contribution < 1.29 is 24.0 Å². The molecular formula is C38H41ClN8O5. The maximum Gasteiger partial charge on any atom is 0.328 e. The third-order valence-corrected chi connectivity index (χ3v) is 10.6. The van der Waals surface area contributed by atoms with E-state index in [0.29, 0.717) is 62.1 Å². The van der Waals surface area contributed by atoms with Crippen LogP contribution in [0.4, 0.5) is 16.2 Å². The number of aromatic amines is 1. The van der Waals surface area contributed by atoms with Crippen molar-refractivity contribution in [2.24, 2.45) is 0 Å². The molecule has 52 heavy (non-hydrogen) atoms. The van der Waals surface area contributed by atoms with E-state index in [-0.39, 0.29) is 49.6 Å². The molecule has 3 fully saturated rings. The summed E-state index contributed by atoms with van der Waals surface area (Å²) in [6, 6.07) is 12.5. The number of aryl methyl sites for hydroxylation is 2. The van der Waals surface area contributed by atoms with E-state index < -0.39 is 6.03 Å². The molecule has 3 aliphatic rings. The van der Waals surface area contributed by atoms with Gasteiger partial charge in [-0.05, 0) is 54.3 Å². The van der Waals surface area contributed by atoms with E-state index in [1.165, 1.54) is 4.90 Å². The predicted octanol–water partition coefficient (Wildman–Crippen LogP) is 4.22. The van der Waals surface area contributed by atoms with Crippen LogP contribution in [0.25, 0.3) is 22.2 Å². The van der Waals surface area contributed by atoms with Gasteiger partial charge in [-0.15, -0.1) is 0 Å². The Kier molecular flexibility index (Phi) is 9.98. The molecule has 7 rings (SSSR count). The Labute approximate surface area is 306 Å². The number of aromatic nitrogens is 2. The van der Waals surface area contributed by atoms with Crippen molar-refractivity contribution in [3.8, 4) is 11.1 Å². The molecule has 3 saturated heterocycles. The number of carbonyl (C=O) groups is 5. The highest BCUT2D eigenvalue weighted by Crippen LogP contribution is 2.36. The van der Waals surface area contributed by atoms with E-state index in [4.69, 9.17) is 11.6 Å². The molecule has 2 N–H and O–H groups in total. The summed E-state index contributed by atoms with van der Waals surface area (Å²) in [6.45, 7) is 7.82. The van der Waals surface area contributed by atoms with Crippen LogP contribution in [-0.4, -0.2) is 113 Å². The van der Waals surface area contributed by atoms with Gasteiger partial charge in [0.25, 0.3) is 5.91 Å². The van der Waals surface area contributed by atoms with Gasteiger partial charge in [-0.1, -0.05) is 36.7 Å². The molecule has 0 spiro atoms. The lowest BCUT2D eigenvalue weighted by atomic mass is 10.0. The zero-order valence-corrected chi connectivity index (χ0v) is 30.0. The number of fused-ring (bicyclic) bond motifs is 1. The van der Waals surface area contributed by atoms with Crippen molar-refractivity contribution >= 4 is 63.7 Å². The first-order valence-corrected chi connectivity index (χ1v) is 18.1. The summed E-state index contributed by atoms with van der Waals surface area (Å²) < 4.78 is 0. The zero-order chi connectivity index (χ0) is 36.5. The molecule has 4 aromatic rings. The van der Waals surface area contributed by atoms with E-state index in [0.717, 1.165) is 45.4 Å². The number of imide groups is 1. The smallest absolute Gasteiger partial charge is 0.328 e. The first-order valence-electron chi connectivity index (χ1n) is 17.7. The number of rotatable bonds is 8. The lowest BCUT2D eigenvalue weighted by Gasteiger charge is -2.36. The molecule has 270 valence electrons. The van der Waals surface area contributed by atoms with Gasteiger partial charge >= 0.3 is 6.03 Å². The number of carbonyl (C=O) groups excluding carboxylic acids is 5. The molecule has 0 atom stereocenters. The van der Waals surface area contributed by atoms with Crippen molar-refractivity contribution in [2.45, 2.75) is 33.1 Å². The number of nitrogens with zero attached hydrogens (tertiary/aromatic N) is 6. The maximum absolute atomic E-state index is 13.4. The lowest BCUT2D eigenvalue weighted by Crippen LogP contribution is -2.53. The number of urea groups is 1. The Bertz CT molecular complexity index is 2070. The second kappa shape index (κ2) is 14.8. The fourth-order valence-corrected chi connectivity index (χ4v) is 7.56. The summed E-state index contributed by atoms with van der Waals surface area (Å²) in [4.78, 5) is 80.5. The van der Waals surface area contributed by atoms with Gasteiger partial charge in [0, 0.05) is 105 Å². The second-order valence-electron chi connectivity index (χ2n) is 13.4. The normalized spacial score (nSPS) is 17.2. The molecule has 13 nitrogen and oxygen atoms in total. The second-order valence-corrected chi connectivity index (χ2v) is 13.8. The largest absolute Gasteiger partial charge is 0.346 e. The first kappa shape index (κ1) is 35.1. The standard InChI is InChI=1S/C38H41ClN8O5/c1-3-25-21-40-36-34(25)35(39)29(22-41-36)26-5-4-6-28(19-26)46-18-17-45(23-33(46)50)32(49)10-11-43-13-15-44(16-14-43)37(51)27-8-7-24(2)30(20-27)47-12-9-31(48)42-38(47)52/h4-8,19-22H,3,9-18,23H2,1-2H3,(H,40,41)(H,42,48,52). The summed E-state index contributed by atoms with van der Waals surface area (Å²) in [5.41, 5.74) is 6.18. The summed E-state index contributed by atoms with van der Waals surface area (Å²) in [5.74, 6) is -0.646. The summed E-state index contributed by atoms with van der Waals surface area (Å²) >= 11 is 6.87. The first-order chi connectivity index (χ1) is 25.1. The molecule has 0 aliphatic carbocycles. The van der Waals surface area contributed by atoms with Crippen LogP contribution in [0.2, 0.25) is 5.02 Å². The third kappa shape index (κ3) is 6.98. The average molecular weight is 725 g/mol. The summed E-state index contributed by atoms with van der Waals surface area (Å²) in [6.07, 6.45) is 4.99. The number of amides is 6. The van der Waals surface area contributed by atoms with Gasteiger partial charge in [0.1, 0.15) is 12.2 Å². The molecule has 6 amide bonds. The minimum Gasteiger partial charge on any atom is -0.346 e. The van der Waals surface area contributed by atoms with Crippen LogP contribution in [0, 0.1) is 6.92 Å². The Morgan fingerprint density at radius 2 is 1.71 bits per heavy atom. The number of nitrogens with one attached hydrogen (secondary N) is 2. The molecule has 14 heteroatoms. The predicted molar refractivity (Wildman–Crippen MR) is 198 cm³/mol. The van der Waals surface area contributed by atoms with Gasteiger partial charge in [0.2, 0.25) is 17.7 Å². The number of halogens is 1. The van der Waals surface area contributed by atoms with Gasteiger partial charge in [-0.3, -0.25) is 34.3 Å². The molecule has 2 aromatic carbocycles. The Morgan fingerprint density at radius 3 is 2.46 bits per heavy atom. The highest BCUT2D eigenvalue weighted by molar-refractivity contribution is 6.38. The molecule has 0 radical (unpaired) electrons. The fourth-order valence-electron chi connectivity index (χ4n) is 7.20. The van der Waals surface area contributed by atoms with Gasteiger partial charge in [0.05, 0.1) is 5.02 Å². The minimum atomic E-state index is -0.486. The SMILES string of the molecule is CCc1c[nH]c2ncc(-c3cccc(N4CCN(C(=O)CCN5CCN(C(=O)c6ccc(C)c(N7CCC(=O)NC7=O)c6)CC5)CC4=O)c3)c(Cl)c12. The minimum absolute atomic E-state index is 0.0107. The van der Waals surface area contributed by atoms with Crippen molar-refractivity contribution in [1.82, 2.24) is 30.0 Å². The van der Waals surface area contributed by atoms with Crippen molar-refractivity contribution in [3.05, 3.63) is 76.6 Å². The summed E-state index contributed by atoms with van der Waals surface area (Å²) in [5, 5.41) is 3.87. The van der Waals surface area contributed by atoms with Crippen molar-refractivity contribution in [3.63, 3.8) is 0 Å². The van der Waals surface area contributed by atoms with Crippen LogP contribution >= 0.6 is 11.6 Å². The number of piperazine rings is 2. The number of benzene rings is 2. The van der Waals surface area contributed by atoms with Gasteiger partial charge in [0.15, 0.2) is 0 Å². The quantitative estimate of drug-likeness (QED) is 0.277. The van der Waals surface area contributed by atoms with Gasteiger partial charge < -0.3 is 19.7 Å². The Hall–Kier alpha value is -5.27. The van der Waals surface area contributed by atoms with E-state index in [9.17, 15) is 24.0 Å². The van der Waals surface area contributed by atoms with Crippen LogP contribution in [0.15, 0.2) is 54.9 Å². The molecule has 0 bridgehead atoms. The number of hydrogen-bond donors (Lipinski definition) is 2. The molecule has 5 heterocycles. The Morgan fingerprint density at radius 1 is 0.923 bits per heavy atom.